The number of carbonyl (C=O) groups excluding carboxylic acids is 1. The molecule has 1 aromatic heterocycles. The van der Waals surface area contributed by atoms with Crippen molar-refractivity contribution in [3.63, 3.8) is 0 Å². The summed E-state index contributed by atoms with van der Waals surface area (Å²) in [6, 6.07) is 2.01. The van der Waals surface area contributed by atoms with Crippen molar-refractivity contribution in [3.05, 3.63) is 29.5 Å². The van der Waals surface area contributed by atoms with Crippen LogP contribution in [0.2, 0.25) is 0 Å². The van der Waals surface area contributed by atoms with Crippen LogP contribution in [-0.2, 0) is 16.0 Å². The van der Waals surface area contributed by atoms with Crippen LogP contribution in [0, 0.1) is 0 Å². The first-order chi connectivity index (χ1) is 10.0. The van der Waals surface area contributed by atoms with Crippen LogP contribution in [-0.4, -0.2) is 36.0 Å². The number of nitrogens with zero attached hydrogens (tertiary/aromatic N) is 2. The molecule has 11 heteroatoms. The summed E-state index contributed by atoms with van der Waals surface area (Å²) in [5.41, 5.74) is 2.74. The van der Waals surface area contributed by atoms with E-state index >= 15 is 0 Å². The molecule has 1 aromatic carbocycles. The van der Waals surface area contributed by atoms with E-state index in [4.69, 9.17) is 5.73 Å². The summed E-state index contributed by atoms with van der Waals surface area (Å²) in [7, 11) is -3.87. The molecule has 0 unspecified atom stereocenters. The second-order valence-electron chi connectivity index (χ2n) is 4.37. The number of hydrogen-bond donors (Lipinski definition) is 2. The summed E-state index contributed by atoms with van der Waals surface area (Å²) in [5, 5.41) is 8.99. The predicted octanol–water partition coefficient (Wildman–Crippen LogP) is 0.993. The van der Waals surface area contributed by atoms with E-state index in [9.17, 15) is 26.4 Å². The topological polar surface area (TPSA) is 119 Å². The van der Waals surface area contributed by atoms with Gasteiger partial charge in [0.15, 0.2) is 15.5 Å². The molecule has 0 atom stereocenters. The van der Waals surface area contributed by atoms with Gasteiger partial charge >= 0.3 is 6.18 Å². The average molecular weight is 334 g/mol. The zero-order chi connectivity index (χ0) is 16.7. The minimum atomic E-state index is -4.69. The van der Waals surface area contributed by atoms with Gasteiger partial charge in [-0.1, -0.05) is 0 Å². The number of halogens is 3. The number of sulfone groups is 1. The van der Waals surface area contributed by atoms with Gasteiger partial charge in [-0.2, -0.15) is 28.6 Å². The first-order valence-electron chi connectivity index (χ1n) is 5.64. The van der Waals surface area contributed by atoms with Gasteiger partial charge in [0.2, 0.25) is 0 Å². The minimum Gasteiger partial charge on any atom is -0.364 e. The molecular formula is C11H9F3N4O3S. The number of hydrogen-bond acceptors (Lipinski definition) is 5. The van der Waals surface area contributed by atoms with Crippen molar-refractivity contribution in [2.45, 2.75) is 11.1 Å². The molecule has 2 rings (SSSR count). The quantitative estimate of drug-likeness (QED) is 0.867. The van der Waals surface area contributed by atoms with E-state index in [1.54, 1.807) is 0 Å². The van der Waals surface area contributed by atoms with Crippen LogP contribution >= 0.6 is 0 Å². The highest BCUT2D eigenvalue weighted by Gasteiger charge is 2.33. The van der Waals surface area contributed by atoms with Crippen LogP contribution in [0.1, 0.15) is 16.1 Å². The summed E-state index contributed by atoms with van der Waals surface area (Å²) in [5.74, 6) is -1.05. The lowest BCUT2D eigenvalue weighted by Crippen LogP contribution is -2.14. The van der Waals surface area contributed by atoms with E-state index in [1.165, 1.54) is 0 Å². The number of rotatable bonds is 3. The van der Waals surface area contributed by atoms with Crippen LogP contribution < -0.4 is 5.73 Å². The molecule has 22 heavy (non-hydrogen) atoms. The van der Waals surface area contributed by atoms with Gasteiger partial charge in [-0.05, 0) is 18.2 Å². The van der Waals surface area contributed by atoms with Crippen molar-refractivity contribution in [1.29, 1.82) is 0 Å². The fourth-order valence-electron chi connectivity index (χ4n) is 1.81. The molecule has 0 aliphatic heterocycles. The van der Waals surface area contributed by atoms with Crippen molar-refractivity contribution in [2.24, 2.45) is 5.73 Å². The molecule has 0 radical (unpaired) electrons. The Labute approximate surface area is 122 Å². The third kappa shape index (κ3) is 2.93. The lowest BCUT2D eigenvalue weighted by Gasteiger charge is -2.11. The van der Waals surface area contributed by atoms with Crippen LogP contribution in [0.4, 0.5) is 13.2 Å². The van der Waals surface area contributed by atoms with Gasteiger partial charge in [-0.3, -0.25) is 4.79 Å². The maximum absolute atomic E-state index is 12.8. The molecular weight excluding hydrogens is 325 g/mol. The number of amides is 1. The summed E-state index contributed by atoms with van der Waals surface area (Å²) in [6.45, 7) is 0. The average Bonchev–Trinajstić information content (AvgIpc) is 2.85. The fourth-order valence-corrected chi connectivity index (χ4v) is 2.68. The predicted molar refractivity (Wildman–Crippen MR) is 68.4 cm³/mol. The summed E-state index contributed by atoms with van der Waals surface area (Å²) < 4.78 is 61.9. The van der Waals surface area contributed by atoms with Crippen molar-refractivity contribution >= 4 is 15.7 Å². The SMILES string of the molecule is CS(=O)(=O)c1ccc(C(F)(F)F)cc1-c1n[nH]nc1C(N)=O. The normalized spacial score (nSPS) is 12.4. The Kier molecular flexibility index (Phi) is 3.69. The molecule has 118 valence electrons. The molecule has 0 aliphatic rings. The maximum atomic E-state index is 12.8. The van der Waals surface area contributed by atoms with E-state index in [0.717, 1.165) is 12.3 Å². The van der Waals surface area contributed by atoms with Crippen LogP contribution in [0.5, 0.6) is 0 Å². The highest BCUT2D eigenvalue weighted by Crippen LogP contribution is 2.35. The molecule has 0 saturated heterocycles. The number of H-pyrrole nitrogens is 1. The molecule has 1 heterocycles. The molecule has 7 nitrogen and oxygen atoms in total. The first-order valence-corrected chi connectivity index (χ1v) is 7.53. The largest absolute Gasteiger partial charge is 0.416 e. The van der Waals surface area contributed by atoms with E-state index in [1.807, 2.05) is 5.21 Å². The van der Waals surface area contributed by atoms with Gasteiger partial charge in [0, 0.05) is 11.8 Å². The number of aromatic nitrogens is 3. The molecule has 0 aliphatic carbocycles. The van der Waals surface area contributed by atoms with Crippen molar-refractivity contribution in [3.8, 4) is 11.3 Å². The minimum absolute atomic E-state index is 0.362. The Bertz CT molecular complexity index is 843. The van der Waals surface area contributed by atoms with Gasteiger partial charge in [0.05, 0.1) is 10.5 Å². The monoisotopic (exact) mass is 334 g/mol. The van der Waals surface area contributed by atoms with E-state index in [-0.39, 0.29) is 5.69 Å². The smallest absolute Gasteiger partial charge is 0.364 e. The molecule has 2 aromatic rings. The lowest BCUT2D eigenvalue weighted by atomic mass is 10.1. The second kappa shape index (κ2) is 5.09. The number of benzene rings is 1. The molecule has 0 bridgehead atoms. The highest BCUT2D eigenvalue weighted by molar-refractivity contribution is 7.90. The van der Waals surface area contributed by atoms with Crippen molar-refractivity contribution in [2.75, 3.05) is 6.26 Å². The highest BCUT2D eigenvalue weighted by atomic mass is 32.2. The second-order valence-corrected chi connectivity index (χ2v) is 6.35. The van der Waals surface area contributed by atoms with E-state index in [2.05, 4.69) is 10.2 Å². The van der Waals surface area contributed by atoms with Crippen LogP contribution in [0.3, 0.4) is 0 Å². The Morgan fingerprint density at radius 2 is 1.91 bits per heavy atom. The van der Waals surface area contributed by atoms with Gasteiger partial charge in [0.25, 0.3) is 5.91 Å². The molecule has 0 spiro atoms. The van der Waals surface area contributed by atoms with Crippen LogP contribution in [0.25, 0.3) is 11.3 Å². The third-order valence-electron chi connectivity index (χ3n) is 2.74. The van der Waals surface area contributed by atoms with E-state index in [0.29, 0.717) is 12.1 Å². The number of alkyl halides is 3. The fraction of sp³-hybridized carbons (Fsp3) is 0.182. The first kappa shape index (κ1) is 15.9. The van der Waals surface area contributed by atoms with Crippen molar-refractivity contribution in [1.82, 2.24) is 15.4 Å². The molecule has 3 N–H and O–H groups in total. The van der Waals surface area contributed by atoms with Gasteiger partial charge in [0.1, 0.15) is 5.69 Å². The van der Waals surface area contributed by atoms with Gasteiger partial charge in [-0.25, -0.2) is 8.42 Å². The number of nitrogens with two attached hydrogens (primary N) is 1. The Morgan fingerprint density at radius 1 is 1.27 bits per heavy atom. The zero-order valence-electron chi connectivity index (χ0n) is 11.0. The third-order valence-corrected chi connectivity index (χ3v) is 3.90. The Balaban J connectivity index is 2.81. The van der Waals surface area contributed by atoms with Gasteiger partial charge in [-0.15, -0.1) is 0 Å². The number of nitrogens with one attached hydrogen (secondary N) is 1. The standard InChI is InChI=1S/C11H9F3N4O3S/c1-22(20,21)7-3-2-5(11(12,13)14)4-6(7)8-9(10(15)19)17-18-16-8/h2-4H,1H3,(H2,15,19)(H,16,17,18). The van der Waals surface area contributed by atoms with Gasteiger partial charge < -0.3 is 5.73 Å². The summed E-state index contributed by atoms with van der Waals surface area (Å²) in [6.07, 6.45) is -3.87. The van der Waals surface area contributed by atoms with E-state index < -0.39 is 43.6 Å². The Morgan fingerprint density at radius 3 is 2.41 bits per heavy atom. The molecule has 0 fully saturated rings. The number of primary amides is 1. The van der Waals surface area contributed by atoms with Crippen LogP contribution in [0.15, 0.2) is 23.1 Å². The number of carbonyl (C=O) groups is 1. The summed E-state index contributed by atoms with van der Waals surface area (Å²) >= 11 is 0. The maximum Gasteiger partial charge on any atom is 0.416 e. The zero-order valence-corrected chi connectivity index (χ0v) is 11.8. The molecule has 0 saturated carbocycles. The number of aromatic amines is 1. The molecule has 1 amide bonds. The summed E-state index contributed by atoms with van der Waals surface area (Å²) in [4.78, 5) is 10.8. The lowest BCUT2D eigenvalue weighted by molar-refractivity contribution is -0.137. The van der Waals surface area contributed by atoms with Crippen molar-refractivity contribution < 1.29 is 26.4 Å². The Hall–Kier alpha value is -2.43.